The summed E-state index contributed by atoms with van der Waals surface area (Å²) in [5.41, 5.74) is -0.561. The third-order valence-corrected chi connectivity index (χ3v) is 5.32. The average molecular weight is 372 g/mol. The number of esters is 2. The molecule has 0 spiro atoms. The Morgan fingerprint density at radius 2 is 1.83 bits per heavy atom. The molecule has 0 saturated carbocycles. The first kappa shape index (κ1) is 20.8. The van der Waals surface area contributed by atoms with E-state index in [4.69, 9.17) is 9.47 Å². The van der Waals surface area contributed by atoms with Crippen molar-refractivity contribution in [1.29, 1.82) is 0 Å². The smallest absolute Gasteiger partial charge is 0.310 e. The van der Waals surface area contributed by atoms with E-state index in [2.05, 4.69) is 4.98 Å². The van der Waals surface area contributed by atoms with Gasteiger partial charge < -0.3 is 9.47 Å². The first-order valence-corrected chi connectivity index (χ1v) is 10.1. The topological polar surface area (TPSA) is 65.5 Å². The maximum absolute atomic E-state index is 12.0. The molecule has 5 nitrogen and oxygen atoms in total. The number of rotatable bonds is 8. The molecule has 0 aliphatic carbocycles. The van der Waals surface area contributed by atoms with Crippen LogP contribution in [0.4, 0.5) is 0 Å². The maximum atomic E-state index is 12.0. The number of aromatic nitrogens is 1. The van der Waals surface area contributed by atoms with Crippen molar-refractivity contribution in [3.05, 3.63) is 24.4 Å². The maximum Gasteiger partial charge on any atom is 0.310 e. The Kier molecular flexibility index (Phi) is 8.62. The lowest BCUT2D eigenvalue weighted by atomic mass is 9.96. The van der Waals surface area contributed by atoms with Gasteiger partial charge in [-0.2, -0.15) is 0 Å². The molecule has 0 aromatic carbocycles. The fourth-order valence-electron chi connectivity index (χ4n) is 1.61. The molecule has 0 amide bonds. The SMILES string of the molecule is CC(C(=O)OCCSSc1ccccn1)C(C)C(=O)OC(C)(C)C. The predicted octanol–water partition coefficient (Wildman–Crippen LogP) is 3.98. The molecular weight excluding hydrogens is 346 g/mol. The van der Waals surface area contributed by atoms with Crippen LogP contribution in [-0.2, 0) is 19.1 Å². The second kappa shape index (κ2) is 9.93. The summed E-state index contributed by atoms with van der Waals surface area (Å²) in [4.78, 5) is 28.2. The Balaban J connectivity index is 2.27. The minimum absolute atomic E-state index is 0.300. The fourth-order valence-corrected chi connectivity index (χ4v) is 3.31. The van der Waals surface area contributed by atoms with Crippen molar-refractivity contribution in [3.8, 4) is 0 Å². The lowest BCUT2D eigenvalue weighted by molar-refractivity contribution is -0.166. The molecule has 1 aromatic heterocycles. The van der Waals surface area contributed by atoms with Crippen LogP contribution in [0.25, 0.3) is 0 Å². The van der Waals surface area contributed by atoms with Crippen LogP contribution in [0.3, 0.4) is 0 Å². The monoisotopic (exact) mass is 371 g/mol. The van der Waals surface area contributed by atoms with Gasteiger partial charge in [0.1, 0.15) is 17.2 Å². The Bertz CT molecular complexity index is 531. The molecule has 134 valence electrons. The quantitative estimate of drug-likeness (QED) is 0.389. The molecule has 2 atom stereocenters. The van der Waals surface area contributed by atoms with Crippen molar-refractivity contribution in [2.45, 2.75) is 45.2 Å². The second-order valence-corrected chi connectivity index (χ2v) is 8.79. The zero-order valence-corrected chi connectivity index (χ0v) is 16.4. The summed E-state index contributed by atoms with van der Waals surface area (Å²) >= 11 is 0. The molecule has 0 aliphatic rings. The van der Waals surface area contributed by atoms with Gasteiger partial charge in [0.15, 0.2) is 0 Å². The van der Waals surface area contributed by atoms with Gasteiger partial charge in [-0.25, -0.2) is 4.98 Å². The molecule has 0 aliphatic heterocycles. The van der Waals surface area contributed by atoms with E-state index < -0.39 is 17.4 Å². The van der Waals surface area contributed by atoms with Crippen LogP contribution < -0.4 is 0 Å². The van der Waals surface area contributed by atoms with Gasteiger partial charge in [0, 0.05) is 11.9 Å². The van der Waals surface area contributed by atoms with Crippen LogP contribution in [0.5, 0.6) is 0 Å². The first-order valence-electron chi connectivity index (χ1n) is 7.80. The van der Waals surface area contributed by atoms with E-state index in [1.807, 2.05) is 18.2 Å². The number of pyridine rings is 1. The zero-order chi connectivity index (χ0) is 18.2. The van der Waals surface area contributed by atoms with Gasteiger partial charge in [0.05, 0.1) is 11.8 Å². The molecule has 2 unspecified atom stereocenters. The lowest BCUT2D eigenvalue weighted by Crippen LogP contribution is -2.33. The minimum Gasteiger partial charge on any atom is -0.465 e. The molecule has 0 radical (unpaired) electrons. The lowest BCUT2D eigenvalue weighted by Gasteiger charge is -2.24. The number of hydrogen-bond donors (Lipinski definition) is 0. The van der Waals surface area contributed by atoms with E-state index in [1.54, 1.807) is 51.6 Å². The summed E-state index contributed by atoms with van der Waals surface area (Å²) < 4.78 is 10.5. The Morgan fingerprint density at radius 3 is 2.42 bits per heavy atom. The Labute approximate surface area is 151 Å². The second-order valence-electron chi connectivity index (χ2n) is 6.35. The summed E-state index contributed by atoms with van der Waals surface area (Å²) in [6, 6.07) is 5.72. The highest BCUT2D eigenvalue weighted by molar-refractivity contribution is 8.76. The van der Waals surface area contributed by atoms with E-state index in [0.717, 1.165) is 5.03 Å². The van der Waals surface area contributed by atoms with Crippen LogP contribution in [0.15, 0.2) is 29.4 Å². The molecule has 0 fully saturated rings. The molecule has 7 heteroatoms. The highest BCUT2D eigenvalue weighted by atomic mass is 33.1. The van der Waals surface area contributed by atoms with Crippen LogP contribution >= 0.6 is 21.6 Å². The third-order valence-electron chi connectivity index (χ3n) is 3.09. The summed E-state index contributed by atoms with van der Waals surface area (Å²) in [5, 5.41) is 0.917. The first-order chi connectivity index (χ1) is 11.2. The van der Waals surface area contributed by atoms with Gasteiger partial charge in [-0.15, -0.1) is 0 Å². The van der Waals surface area contributed by atoms with E-state index in [9.17, 15) is 9.59 Å². The highest BCUT2D eigenvalue weighted by Gasteiger charge is 2.30. The van der Waals surface area contributed by atoms with Crippen molar-refractivity contribution < 1.29 is 19.1 Å². The summed E-state index contributed by atoms with van der Waals surface area (Å²) in [6.45, 7) is 9.08. The van der Waals surface area contributed by atoms with E-state index in [0.29, 0.717) is 12.4 Å². The van der Waals surface area contributed by atoms with E-state index in [1.165, 1.54) is 10.8 Å². The standard InChI is InChI=1S/C17H25NO4S2/c1-12(13(2)16(20)22-17(3,4)5)15(19)21-10-11-23-24-14-8-6-7-9-18-14/h6-9,12-13H,10-11H2,1-5H3. The molecule has 0 saturated heterocycles. The molecule has 0 N–H and O–H groups in total. The van der Waals surface area contributed by atoms with Crippen LogP contribution in [0.2, 0.25) is 0 Å². The van der Waals surface area contributed by atoms with Gasteiger partial charge in [-0.05, 0) is 43.7 Å². The largest absolute Gasteiger partial charge is 0.465 e. The van der Waals surface area contributed by atoms with Crippen molar-refractivity contribution >= 4 is 33.5 Å². The predicted molar refractivity (Wildman–Crippen MR) is 97.7 cm³/mol. The molecule has 1 rings (SSSR count). The fraction of sp³-hybridized carbons (Fsp3) is 0.588. The minimum atomic E-state index is -0.561. The van der Waals surface area contributed by atoms with Gasteiger partial charge in [0.2, 0.25) is 0 Å². The molecule has 24 heavy (non-hydrogen) atoms. The Hall–Kier alpha value is -1.21. The van der Waals surface area contributed by atoms with Crippen LogP contribution in [0, 0.1) is 11.8 Å². The normalized spacial score (nSPS) is 13.9. The summed E-state index contributed by atoms with van der Waals surface area (Å²) in [6.07, 6.45) is 1.74. The molecular formula is C17H25NO4S2. The van der Waals surface area contributed by atoms with Crippen LogP contribution in [-0.4, -0.2) is 34.9 Å². The number of carbonyl (C=O) groups is 2. The van der Waals surface area contributed by atoms with Crippen molar-refractivity contribution in [1.82, 2.24) is 4.98 Å². The van der Waals surface area contributed by atoms with Crippen LogP contribution in [0.1, 0.15) is 34.6 Å². The number of carbonyl (C=O) groups excluding carboxylic acids is 2. The van der Waals surface area contributed by atoms with E-state index >= 15 is 0 Å². The van der Waals surface area contributed by atoms with Gasteiger partial charge in [-0.1, -0.05) is 30.7 Å². The van der Waals surface area contributed by atoms with Crippen molar-refractivity contribution in [2.24, 2.45) is 11.8 Å². The number of nitrogens with zero attached hydrogens (tertiary/aromatic N) is 1. The Morgan fingerprint density at radius 1 is 1.17 bits per heavy atom. The average Bonchev–Trinajstić information content (AvgIpc) is 2.52. The summed E-state index contributed by atoms with van der Waals surface area (Å²) in [5.74, 6) is -1.18. The van der Waals surface area contributed by atoms with E-state index in [-0.39, 0.29) is 11.9 Å². The molecule has 1 aromatic rings. The zero-order valence-electron chi connectivity index (χ0n) is 14.8. The van der Waals surface area contributed by atoms with Gasteiger partial charge >= 0.3 is 11.9 Å². The number of hydrogen-bond acceptors (Lipinski definition) is 7. The van der Waals surface area contributed by atoms with Crippen molar-refractivity contribution in [3.63, 3.8) is 0 Å². The number of ether oxygens (including phenoxy) is 2. The highest BCUT2D eigenvalue weighted by Crippen LogP contribution is 2.28. The van der Waals surface area contributed by atoms with Crippen molar-refractivity contribution in [2.75, 3.05) is 12.4 Å². The van der Waals surface area contributed by atoms with Gasteiger partial charge in [-0.3, -0.25) is 9.59 Å². The van der Waals surface area contributed by atoms with Gasteiger partial charge in [0.25, 0.3) is 0 Å². The third kappa shape index (κ3) is 8.06. The molecule has 1 heterocycles. The molecule has 0 bridgehead atoms. The summed E-state index contributed by atoms with van der Waals surface area (Å²) in [7, 11) is 3.11.